The van der Waals surface area contributed by atoms with E-state index in [2.05, 4.69) is 41.1 Å². The molecule has 4 amide bonds. The van der Waals surface area contributed by atoms with E-state index in [0.29, 0.717) is 154 Å². The maximum Gasteiger partial charge on any atom is 0.324 e. The minimum Gasteiger partial charge on any atom is -0.465 e. The Bertz CT molecular complexity index is 5520. The van der Waals surface area contributed by atoms with Gasteiger partial charge in [0.15, 0.2) is 5.41 Å². The average Bonchev–Trinajstić information content (AvgIpc) is 1.63. The van der Waals surface area contributed by atoms with E-state index < -0.39 is 29.2 Å². The third-order valence-electron chi connectivity index (χ3n) is 19.5. The predicted octanol–water partition coefficient (Wildman–Crippen LogP) is 17.5. The van der Waals surface area contributed by atoms with Crippen molar-refractivity contribution in [1.29, 1.82) is 0 Å². The van der Waals surface area contributed by atoms with Crippen molar-refractivity contribution in [3.63, 3.8) is 0 Å². The van der Waals surface area contributed by atoms with Crippen LogP contribution in [0.4, 0.5) is 22.7 Å². The number of amides is 4. The van der Waals surface area contributed by atoms with E-state index in [1.165, 1.54) is 0 Å². The van der Waals surface area contributed by atoms with Gasteiger partial charge in [0.2, 0.25) is 0 Å². The quantitative estimate of drug-likeness (QED) is 0.0673. The van der Waals surface area contributed by atoms with Gasteiger partial charge in [-0.3, -0.25) is 38.7 Å². The van der Waals surface area contributed by atoms with E-state index in [9.17, 15) is 19.2 Å². The zero-order valence-corrected chi connectivity index (χ0v) is 58.4. The van der Waals surface area contributed by atoms with Crippen LogP contribution < -0.4 is 21.3 Å². The van der Waals surface area contributed by atoms with Gasteiger partial charge in [0.1, 0.15) is 0 Å². The summed E-state index contributed by atoms with van der Waals surface area (Å²) < 4.78 is 11.5. The number of para-hydroxylation sites is 2. The van der Waals surface area contributed by atoms with Gasteiger partial charge in [0, 0.05) is 132 Å². The van der Waals surface area contributed by atoms with Gasteiger partial charge in [-0.1, -0.05) is 115 Å². The largest absolute Gasteiger partial charge is 0.465 e. The van der Waals surface area contributed by atoms with Crippen LogP contribution in [0.5, 0.6) is 0 Å². The summed E-state index contributed by atoms with van der Waals surface area (Å²) in [5.41, 5.74) is 15.0. The highest BCUT2D eigenvalue weighted by molar-refractivity contribution is 6.12. The summed E-state index contributed by atoms with van der Waals surface area (Å²) in [4.78, 5) is 114. The van der Waals surface area contributed by atoms with Crippen LogP contribution >= 0.6 is 0 Å². The summed E-state index contributed by atoms with van der Waals surface area (Å²) in [6, 6.07) is 70.9. The first-order valence-electron chi connectivity index (χ1n) is 35.4. The highest BCUT2D eigenvalue weighted by Crippen LogP contribution is 2.43. The van der Waals surface area contributed by atoms with Gasteiger partial charge in [0.25, 0.3) is 23.6 Å². The molecule has 0 atom stereocenters. The van der Waals surface area contributed by atoms with Crippen molar-refractivity contribution in [3.8, 4) is 44.5 Å². The van der Waals surface area contributed by atoms with E-state index >= 15 is 9.59 Å². The lowest BCUT2D eigenvalue weighted by atomic mass is 9.76. The fourth-order valence-corrected chi connectivity index (χ4v) is 14.7. The van der Waals surface area contributed by atoms with Crippen LogP contribution in [-0.4, -0.2) is 78.6 Å². The molecule has 16 rings (SSSR count). The van der Waals surface area contributed by atoms with Crippen LogP contribution in [0.3, 0.4) is 0 Å². The number of pyridine rings is 1. The zero-order chi connectivity index (χ0) is 73.1. The Kier molecular flexibility index (Phi) is 18.5. The molecule has 18 nitrogen and oxygen atoms in total. The minimum absolute atomic E-state index is 0.0362. The molecule has 0 saturated carbocycles. The first kappa shape index (κ1) is 67.8. The number of carbonyl (C=O) groups excluding carboxylic acids is 6. The molecule has 107 heavy (non-hydrogen) atoms. The summed E-state index contributed by atoms with van der Waals surface area (Å²) in [5, 5.41) is 12.9. The van der Waals surface area contributed by atoms with Crippen molar-refractivity contribution < 1.29 is 38.2 Å². The van der Waals surface area contributed by atoms with Crippen LogP contribution in [0, 0.1) is 5.41 Å². The molecular weight excluding hydrogens is 1340 g/mol. The van der Waals surface area contributed by atoms with Crippen LogP contribution in [0.15, 0.2) is 243 Å². The summed E-state index contributed by atoms with van der Waals surface area (Å²) >= 11 is 0. The molecule has 0 unspecified atom stereocenters. The highest BCUT2D eigenvalue weighted by Gasteiger charge is 2.49. The number of anilines is 4. The van der Waals surface area contributed by atoms with E-state index in [-0.39, 0.29) is 49.0 Å². The molecular formula is C89H70N10O8. The molecule has 0 spiro atoms. The number of aromatic amines is 2. The number of rotatable bonds is 6. The van der Waals surface area contributed by atoms with E-state index in [1.54, 1.807) is 80.7 Å². The Morgan fingerprint density at radius 1 is 0.402 bits per heavy atom. The molecule has 8 aromatic carbocycles. The van der Waals surface area contributed by atoms with Crippen LogP contribution in [0.1, 0.15) is 106 Å². The second kappa shape index (κ2) is 29.2. The molecule has 8 heterocycles. The minimum atomic E-state index is -1.96. The van der Waals surface area contributed by atoms with Gasteiger partial charge in [-0.15, -0.1) is 0 Å². The van der Waals surface area contributed by atoms with Crippen molar-refractivity contribution in [2.75, 3.05) is 34.5 Å². The lowest BCUT2D eigenvalue weighted by molar-refractivity contribution is -0.172. The summed E-state index contributed by atoms with van der Waals surface area (Å²) in [6.07, 6.45) is 10.9. The Morgan fingerprint density at radius 2 is 0.785 bits per heavy atom. The summed E-state index contributed by atoms with van der Waals surface area (Å²) in [6.45, 7) is 4.73. The second-order valence-electron chi connectivity index (χ2n) is 26.8. The number of ether oxygens (including phenoxy) is 2. The molecule has 12 aromatic rings. The third kappa shape index (κ3) is 13.9. The van der Waals surface area contributed by atoms with Gasteiger partial charge in [-0.05, 0) is 205 Å². The zero-order valence-electron chi connectivity index (χ0n) is 58.4. The first-order chi connectivity index (χ1) is 52.3. The summed E-state index contributed by atoms with van der Waals surface area (Å²) in [7, 11) is 0. The van der Waals surface area contributed by atoms with Crippen molar-refractivity contribution in [3.05, 3.63) is 316 Å². The van der Waals surface area contributed by atoms with Gasteiger partial charge in [0.05, 0.1) is 36.0 Å². The Labute approximate surface area is 616 Å². The predicted molar refractivity (Wildman–Crippen MR) is 418 cm³/mol. The fourth-order valence-electron chi connectivity index (χ4n) is 14.7. The highest BCUT2D eigenvalue weighted by atomic mass is 16.6. The molecule has 4 aromatic heterocycles. The monoisotopic (exact) mass is 1410 g/mol. The van der Waals surface area contributed by atoms with Crippen LogP contribution in [0.2, 0.25) is 0 Å². The van der Waals surface area contributed by atoms with Crippen molar-refractivity contribution in [1.82, 2.24) is 29.8 Å². The number of hydrogen-bond acceptors (Lipinski definition) is 12. The summed E-state index contributed by atoms with van der Waals surface area (Å²) in [5.74, 6) is -3.22. The number of carbonyl (C=O) groups is 6. The molecule has 0 radical (unpaired) electrons. The third-order valence-corrected chi connectivity index (χ3v) is 19.5. The number of benzene rings is 8. The molecule has 524 valence electrons. The first-order valence-corrected chi connectivity index (χ1v) is 35.4. The lowest BCUT2D eigenvalue weighted by Crippen LogP contribution is -2.46. The average molecular weight is 1410 g/mol. The van der Waals surface area contributed by atoms with Crippen molar-refractivity contribution in [2.45, 2.75) is 46.3 Å². The van der Waals surface area contributed by atoms with E-state index in [0.717, 1.165) is 16.7 Å². The molecule has 6 N–H and O–H groups in total. The number of esters is 2. The van der Waals surface area contributed by atoms with Gasteiger partial charge in [-0.2, -0.15) is 0 Å². The molecule has 4 aliphatic rings. The fraction of sp³-hybridized carbons (Fsp3) is 0.112. The molecule has 0 aliphatic carbocycles. The number of H-pyrrole nitrogens is 2. The topological polar surface area (TPSA) is 242 Å². The number of fused-ring (bicyclic) bond motifs is 26. The van der Waals surface area contributed by atoms with E-state index in [4.69, 9.17) is 19.4 Å². The molecule has 0 saturated heterocycles. The normalized spacial score (nSPS) is 14.1. The molecule has 4 aliphatic heterocycles. The SMILES string of the molecule is CCOC(=O)C1(C(=O)OCC)Cc2cccc(c2)C(=O)Nc2ccccc2-c2c3nc(c4c5ccc([nH]5)c(c5nc(c(c6ccc2[nH]6)-c2ccccc2NC(=O)c2cccc(c2)C1)C=C5)-c1cccc(c1)NC(=O)c1cccc(c1)CN(Cc1cccnc1)Cc1cccc(c1)C(=O)Nc1cccc-4c1)C=C3. The van der Waals surface area contributed by atoms with Crippen molar-refractivity contribution in [2.24, 2.45) is 5.41 Å². The van der Waals surface area contributed by atoms with Crippen LogP contribution in [0.25, 0.3) is 90.9 Å². The number of nitrogens with zero attached hydrogens (tertiary/aromatic N) is 4. The lowest BCUT2D eigenvalue weighted by Gasteiger charge is -2.30. The van der Waals surface area contributed by atoms with Gasteiger partial charge >= 0.3 is 11.9 Å². The standard InChI is InChI=1S/C89H70N10O8/c1-3-106-87(104)89(88(105)107-4-2)48-54-16-9-23-61(42-54)85(102)97-69-31-7-5-29-67(69)81-75-37-35-73(94-75)79-59-21-13-27-65(46-59)91-83(100)63-25-11-18-56(44-63)51-99(53-58-20-15-41-90-50-58)52-57-19-12-26-64(45-57)84(101)92-66-28-14-22-60(47-66)80(72-34-33-71(79)93-72)74-36-38-76(95-74)82(78-40-39-77(81)96-78)68-30-6-8-32-70(68)98-86(103)62-24-10-17-55(43-62)49-89/h5-47,50,93,96H,3-4,48-49,51-53H2,1-2H3,(H,91,100)(H,92,101)(H,97,102)(H,98,103). The van der Waals surface area contributed by atoms with Crippen LogP contribution in [-0.2, 0) is 51.5 Å². The molecule has 18 heteroatoms. The Morgan fingerprint density at radius 3 is 1.21 bits per heavy atom. The Balaban J connectivity index is 0.945. The molecule has 24 bridgehead atoms. The van der Waals surface area contributed by atoms with Gasteiger partial charge < -0.3 is 40.7 Å². The van der Waals surface area contributed by atoms with E-state index in [1.807, 2.05) is 200 Å². The molecule has 0 fully saturated rings. The maximum absolute atomic E-state index is 15.1. The number of hydrogen-bond donors (Lipinski definition) is 6. The smallest absolute Gasteiger partial charge is 0.324 e. The number of aromatic nitrogens is 5. The number of nitrogens with one attached hydrogen (secondary N) is 6. The Hall–Kier alpha value is -13.7. The second-order valence-corrected chi connectivity index (χ2v) is 26.8. The van der Waals surface area contributed by atoms with Crippen molar-refractivity contribution >= 4 is 105 Å². The maximum atomic E-state index is 15.1. The van der Waals surface area contributed by atoms with Gasteiger partial charge in [-0.25, -0.2) is 9.97 Å².